The number of hydrogen-bond donors (Lipinski definition) is 1. The summed E-state index contributed by atoms with van der Waals surface area (Å²) in [5.41, 5.74) is 0.828. The van der Waals surface area contributed by atoms with Crippen molar-refractivity contribution in [2.45, 2.75) is 17.8 Å². The Morgan fingerprint density at radius 2 is 2.05 bits per heavy atom. The van der Waals surface area contributed by atoms with E-state index >= 15 is 0 Å². The third kappa shape index (κ3) is 2.68. The third-order valence-electron chi connectivity index (χ3n) is 2.98. The topological polar surface area (TPSA) is 86.3 Å². The van der Waals surface area contributed by atoms with Crippen LogP contribution in [-0.4, -0.2) is 41.1 Å². The fourth-order valence-electron chi connectivity index (χ4n) is 1.98. The van der Waals surface area contributed by atoms with Crippen LogP contribution in [0.4, 0.5) is 5.82 Å². The minimum atomic E-state index is 0.631. The largest absolute Gasteiger partial charge is 0.370 e. The maximum atomic E-state index is 4.58. The summed E-state index contributed by atoms with van der Waals surface area (Å²) >= 11 is 1.56. The monoisotopic (exact) mass is 304 g/mol. The predicted octanol–water partition coefficient (Wildman–Crippen LogP) is 1.22. The van der Waals surface area contributed by atoms with E-state index in [-0.39, 0.29) is 0 Å². The standard InChI is InChI=1S/C12H16N8S/c1-4-13-10-8-5-15-19(2)11(8)18-9(17-10)6-21-12-14-7-16-20(12)3/h5,7H,4,6H2,1-3H3,(H,13,17,18). The lowest BCUT2D eigenvalue weighted by Gasteiger charge is -2.07. The predicted molar refractivity (Wildman–Crippen MR) is 81.0 cm³/mol. The van der Waals surface area contributed by atoms with E-state index in [9.17, 15) is 0 Å². The normalized spacial score (nSPS) is 11.2. The van der Waals surface area contributed by atoms with Gasteiger partial charge in [0.1, 0.15) is 18.0 Å². The molecule has 0 unspecified atom stereocenters. The summed E-state index contributed by atoms with van der Waals surface area (Å²) in [6.45, 7) is 2.84. The molecule has 3 rings (SSSR count). The zero-order valence-corrected chi connectivity index (χ0v) is 12.9. The number of rotatable bonds is 5. The third-order valence-corrected chi connectivity index (χ3v) is 4.01. The molecule has 0 aliphatic rings. The van der Waals surface area contributed by atoms with Crippen molar-refractivity contribution >= 4 is 28.6 Å². The van der Waals surface area contributed by atoms with Gasteiger partial charge < -0.3 is 5.32 Å². The number of aryl methyl sites for hydroxylation is 2. The van der Waals surface area contributed by atoms with E-state index in [1.54, 1.807) is 27.3 Å². The first-order valence-electron chi connectivity index (χ1n) is 6.58. The molecule has 21 heavy (non-hydrogen) atoms. The summed E-state index contributed by atoms with van der Waals surface area (Å²) in [5.74, 6) is 2.20. The molecule has 0 aromatic carbocycles. The van der Waals surface area contributed by atoms with Crippen LogP contribution in [0.15, 0.2) is 17.7 Å². The van der Waals surface area contributed by atoms with E-state index in [2.05, 4.69) is 30.5 Å². The lowest BCUT2D eigenvalue weighted by atomic mass is 10.4. The number of thioether (sulfide) groups is 1. The second-order valence-corrected chi connectivity index (χ2v) is 5.42. The second kappa shape index (κ2) is 5.68. The number of hydrogen-bond acceptors (Lipinski definition) is 7. The first-order valence-corrected chi connectivity index (χ1v) is 7.57. The van der Waals surface area contributed by atoms with Crippen LogP contribution >= 0.6 is 11.8 Å². The van der Waals surface area contributed by atoms with Gasteiger partial charge in [-0.2, -0.15) is 10.2 Å². The number of nitrogens with zero attached hydrogens (tertiary/aromatic N) is 7. The van der Waals surface area contributed by atoms with Gasteiger partial charge in [0.2, 0.25) is 0 Å². The Bertz CT molecular complexity index is 762. The number of anilines is 1. The number of nitrogens with one attached hydrogen (secondary N) is 1. The van der Waals surface area contributed by atoms with Gasteiger partial charge in [-0.05, 0) is 6.92 Å². The minimum Gasteiger partial charge on any atom is -0.370 e. The Kier molecular flexibility index (Phi) is 3.74. The van der Waals surface area contributed by atoms with Crippen molar-refractivity contribution in [3.05, 3.63) is 18.3 Å². The first-order chi connectivity index (χ1) is 10.2. The smallest absolute Gasteiger partial charge is 0.186 e. The molecule has 0 fully saturated rings. The highest BCUT2D eigenvalue weighted by atomic mass is 32.2. The molecule has 0 saturated heterocycles. The molecule has 0 saturated carbocycles. The molecule has 3 aromatic heterocycles. The van der Waals surface area contributed by atoms with Gasteiger partial charge in [-0.15, -0.1) is 0 Å². The van der Waals surface area contributed by atoms with Crippen molar-refractivity contribution in [2.75, 3.05) is 11.9 Å². The van der Waals surface area contributed by atoms with Crippen LogP contribution in [0.3, 0.4) is 0 Å². The van der Waals surface area contributed by atoms with E-state index in [1.807, 2.05) is 21.0 Å². The van der Waals surface area contributed by atoms with E-state index in [0.29, 0.717) is 5.75 Å². The van der Waals surface area contributed by atoms with Gasteiger partial charge in [0.25, 0.3) is 0 Å². The maximum absolute atomic E-state index is 4.58. The molecule has 9 heteroatoms. The van der Waals surface area contributed by atoms with Gasteiger partial charge in [-0.25, -0.2) is 19.6 Å². The molecule has 0 spiro atoms. The Morgan fingerprint density at radius 1 is 1.19 bits per heavy atom. The van der Waals surface area contributed by atoms with E-state index in [0.717, 1.165) is 34.4 Å². The second-order valence-electron chi connectivity index (χ2n) is 4.48. The Hall–Kier alpha value is -2.16. The maximum Gasteiger partial charge on any atom is 0.186 e. The molecule has 0 aliphatic carbocycles. The molecule has 8 nitrogen and oxygen atoms in total. The van der Waals surface area contributed by atoms with Gasteiger partial charge in [-0.1, -0.05) is 11.8 Å². The average Bonchev–Trinajstić information content (AvgIpc) is 3.04. The van der Waals surface area contributed by atoms with E-state index in [1.165, 1.54) is 6.33 Å². The molecule has 1 N–H and O–H groups in total. The highest BCUT2D eigenvalue weighted by Gasteiger charge is 2.12. The number of aromatic nitrogens is 7. The zero-order chi connectivity index (χ0) is 14.8. The lowest BCUT2D eigenvalue weighted by Crippen LogP contribution is -2.05. The van der Waals surface area contributed by atoms with Crippen molar-refractivity contribution in [2.24, 2.45) is 14.1 Å². The van der Waals surface area contributed by atoms with Crippen molar-refractivity contribution < 1.29 is 0 Å². The summed E-state index contributed by atoms with van der Waals surface area (Å²) in [7, 11) is 3.75. The SMILES string of the molecule is CCNc1nc(CSc2ncnn2C)nc2c1cnn2C. The molecule has 110 valence electrons. The molecule has 0 aliphatic heterocycles. The summed E-state index contributed by atoms with van der Waals surface area (Å²) in [4.78, 5) is 13.3. The van der Waals surface area contributed by atoms with Crippen LogP contribution in [-0.2, 0) is 19.8 Å². The van der Waals surface area contributed by atoms with Crippen LogP contribution < -0.4 is 5.32 Å². The molecule has 0 atom stereocenters. The highest BCUT2D eigenvalue weighted by Crippen LogP contribution is 2.23. The number of fused-ring (bicyclic) bond motifs is 1. The van der Waals surface area contributed by atoms with E-state index < -0.39 is 0 Å². The lowest BCUT2D eigenvalue weighted by molar-refractivity contribution is 0.685. The average molecular weight is 304 g/mol. The van der Waals surface area contributed by atoms with Gasteiger partial charge >= 0.3 is 0 Å². The van der Waals surface area contributed by atoms with E-state index in [4.69, 9.17) is 0 Å². The van der Waals surface area contributed by atoms with Crippen LogP contribution in [0.1, 0.15) is 12.7 Å². The summed E-state index contributed by atoms with van der Waals surface area (Å²) < 4.78 is 3.49. The summed E-state index contributed by atoms with van der Waals surface area (Å²) in [5, 5.41) is 13.3. The Labute approximate surface area is 126 Å². The molecule has 0 bridgehead atoms. The Balaban J connectivity index is 1.91. The van der Waals surface area contributed by atoms with Crippen LogP contribution in [0.5, 0.6) is 0 Å². The highest BCUT2D eigenvalue weighted by molar-refractivity contribution is 7.98. The first kappa shape index (κ1) is 13.8. The zero-order valence-electron chi connectivity index (χ0n) is 12.1. The molecular weight excluding hydrogens is 288 g/mol. The molecule has 3 heterocycles. The van der Waals surface area contributed by atoms with Gasteiger partial charge in [-0.3, -0.25) is 4.68 Å². The molecule has 3 aromatic rings. The minimum absolute atomic E-state index is 0.631. The molecule has 0 amide bonds. The summed E-state index contributed by atoms with van der Waals surface area (Å²) in [6, 6.07) is 0. The molecule has 0 radical (unpaired) electrons. The van der Waals surface area contributed by atoms with Crippen LogP contribution in [0, 0.1) is 0 Å². The van der Waals surface area contributed by atoms with Crippen LogP contribution in [0.25, 0.3) is 11.0 Å². The fourth-order valence-corrected chi connectivity index (χ4v) is 2.72. The van der Waals surface area contributed by atoms with Crippen molar-refractivity contribution in [1.82, 2.24) is 34.5 Å². The summed E-state index contributed by atoms with van der Waals surface area (Å²) in [6.07, 6.45) is 3.32. The molecular formula is C12H16N8S. The van der Waals surface area contributed by atoms with Crippen molar-refractivity contribution in [1.29, 1.82) is 0 Å². The van der Waals surface area contributed by atoms with Gasteiger partial charge in [0.15, 0.2) is 10.8 Å². The Morgan fingerprint density at radius 3 is 2.76 bits per heavy atom. The quantitative estimate of drug-likeness (QED) is 0.709. The van der Waals surface area contributed by atoms with Crippen molar-refractivity contribution in [3.8, 4) is 0 Å². The van der Waals surface area contributed by atoms with Gasteiger partial charge in [0, 0.05) is 20.6 Å². The fraction of sp³-hybridized carbons (Fsp3) is 0.417. The van der Waals surface area contributed by atoms with Crippen LogP contribution in [0.2, 0.25) is 0 Å². The van der Waals surface area contributed by atoms with Gasteiger partial charge in [0.05, 0.1) is 17.3 Å². The van der Waals surface area contributed by atoms with Crippen molar-refractivity contribution in [3.63, 3.8) is 0 Å².